The highest BCUT2D eigenvalue weighted by Crippen LogP contribution is 2.35. The highest BCUT2D eigenvalue weighted by Gasteiger charge is 2.38. The number of aliphatic carboxylic acids is 1. The lowest BCUT2D eigenvalue weighted by Gasteiger charge is -2.37. The number of allylic oxidation sites excluding steroid dienone is 1. The number of non-ortho nitro benzene ring substituents is 1. The van der Waals surface area contributed by atoms with Crippen LogP contribution in [0.2, 0.25) is 0 Å². The molecule has 0 bridgehead atoms. The molecule has 0 radical (unpaired) electrons. The van der Waals surface area contributed by atoms with Gasteiger partial charge in [0.15, 0.2) is 0 Å². The minimum Gasteiger partial charge on any atom is -0.478 e. The van der Waals surface area contributed by atoms with Gasteiger partial charge in [-0.3, -0.25) is 10.1 Å². The Morgan fingerprint density at radius 3 is 2.45 bits per heavy atom. The number of rotatable bonds is 9. The van der Waals surface area contributed by atoms with Gasteiger partial charge in [0.2, 0.25) is 0 Å². The molecular formula is C27H32N4O7. The van der Waals surface area contributed by atoms with Crippen LogP contribution in [0.1, 0.15) is 51.3 Å². The molecule has 1 aliphatic rings. The van der Waals surface area contributed by atoms with E-state index in [0.29, 0.717) is 12.0 Å². The molecule has 2 aromatic rings. The van der Waals surface area contributed by atoms with Crippen LogP contribution in [0.3, 0.4) is 0 Å². The third-order valence-electron chi connectivity index (χ3n) is 5.87. The van der Waals surface area contributed by atoms with Gasteiger partial charge in [-0.15, -0.1) is 0 Å². The van der Waals surface area contributed by atoms with E-state index in [1.165, 1.54) is 34.9 Å². The second-order valence-electron chi connectivity index (χ2n) is 9.96. The number of carbonyl (C=O) groups excluding carboxylic acids is 2. The molecule has 0 fully saturated rings. The maximum atomic E-state index is 13.0. The number of hydrogen-bond acceptors (Lipinski definition) is 6. The fraction of sp³-hybridized carbons (Fsp3) is 0.370. The molecule has 0 saturated carbocycles. The van der Waals surface area contributed by atoms with Gasteiger partial charge in [0.1, 0.15) is 5.60 Å². The second-order valence-corrected chi connectivity index (χ2v) is 9.96. The monoisotopic (exact) mass is 524 g/mol. The number of carboxylic acids is 1. The van der Waals surface area contributed by atoms with Gasteiger partial charge in [-0.2, -0.15) is 0 Å². The topological polar surface area (TPSA) is 142 Å². The van der Waals surface area contributed by atoms with Crippen LogP contribution in [0.25, 0.3) is 0 Å². The Morgan fingerprint density at radius 2 is 1.84 bits per heavy atom. The van der Waals surface area contributed by atoms with E-state index < -0.39 is 34.7 Å². The molecule has 0 aliphatic carbocycles. The number of carboxylic acid groups (broad SMARTS) is 1. The molecule has 1 atom stereocenters. The lowest BCUT2D eigenvalue weighted by atomic mass is 9.93. The van der Waals surface area contributed by atoms with Crippen molar-refractivity contribution in [3.05, 3.63) is 87.1 Å². The molecule has 202 valence electrons. The summed E-state index contributed by atoms with van der Waals surface area (Å²) < 4.78 is 5.57. The first-order valence-electron chi connectivity index (χ1n) is 12.2. The average Bonchev–Trinajstić information content (AvgIpc) is 2.83. The van der Waals surface area contributed by atoms with Crippen molar-refractivity contribution in [1.29, 1.82) is 0 Å². The van der Waals surface area contributed by atoms with Gasteiger partial charge in [-0.05, 0) is 45.2 Å². The van der Waals surface area contributed by atoms with Crippen molar-refractivity contribution in [2.24, 2.45) is 0 Å². The van der Waals surface area contributed by atoms with E-state index in [1.54, 1.807) is 26.8 Å². The fourth-order valence-electron chi connectivity index (χ4n) is 4.24. The Morgan fingerprint density at radius 1 is 1.16 bits per heavy atom. The predicted octanol–water partition coefficient (Wildman–Crippen LogP) is 4.85. The van der Waals surface area contributed by atoms with E-state index in [2.05, 4.69) is 5.32 Å². The van der Waals surface area contributed by atoms with Crippen molar-refractivity contribution >= 4 is 23.8 Å². The quantitative estimate of drug-likeness (QED) is 0.353. The number of amides is 3. The van der Waals surface area contributed by atoms with Crippen molar-refractivity contribution < 1.29 is 29.2 Å². The molecule has 2 N–H and O–H groups in total. The minimum absolute atomic E-state index is 0.0807. The van der Waals surface area contributed by atoms with E-state index in [0.717, 1.165) is 5.56 Å². The van der Waals surface area contributed by atoms with Crippen LogP contribution in [0.4, 0.5) is 15.3 Å². The Kier molecular flexibility index (Phi) is 8.72. The summed E-state index contributed by atoms with van der Waals surface area (Å²) in [7, 11) is 0. The summed E-state index contributed by atoms with van der Waals surface area (Å²) >= 11 is 0. The first-order valence-corrected chi connectivity index (χ1v) is 12.2. The molecule has 2 aromatic carbocycles. The Bertz CT molecular complexity index is 1240. The number of hydrogen-bond donors (Lipinski definition) is 2. The first kappa shape index (κ1) is 28.2. The third kappa shape index (κ3) is 7.09. The maximum absolute atomic E-state index is 13.0. The lowest BCUT2D eigenvalue weighted by molar-refractivity contribution is -0.384. The summed E-state index contributed by atoms with van der Waals surface area (Å²) in [5, 5.41) is 23.9. The molecule has 3 amide bonds. The highest BCUT2D eigenvalue weighted by molar-refractivity contribution is 5.93. The highest BCUT2D eigenvalue weighted by atomic mass is 16.6. The zero-order valence-electron chi connectivity index (χ0n) is 21.8. The molecule has 11 heteroatoms. The summed E-state index contributed by atoms with van der Waals surface area (Å²) in [6, 6.07) is 13.4. The van der Waals surface area contributed by atoms with Gasteiger partial charge in [-0.25, -0.2) is 14.4 Å². The second kappa shape index (κ2) is 11.8. The standard InChI is InChI=1S/C27H32N4O7/c1-18-22(24(32)33)23(20-12-8-13-21(16-20)31(36)37)30(25(34)28-18)15-9-14-29(26(35)38-27(2,3)4)17-19-10-6-5-7-11-19/h5-8,10-13,16,23H,9,14-15,17H2,1-4H3,(H,28,34)(H,32,33). The molecule has 1 heterocycles. The van der Waals surface area contributed by atoms with Crippen LogP contribution in [0.15, 0.2) is 65.9 Å². The SMILES string of the molecule is CC1=C(C(=O)O)C(c2cccc([N+](=O)[O-])c2)N(CCCN(Cc2ccccc2)C(=O)OC(C)(C)C)C(=O)N1. The minimum atomic E-state index is -1.25. The van der Waals surface area contributed by atoms with E-state index in [9.17, 15) is 29.6 Å². The normalized spacial score (nSPS) is 15.6. The Labute approximate surface area is 220 Å². The van der Waals surface area contributed by atoms with Gasteiger partial charge in [0.25, 0.3) is 5.69 Å². The molecule has 11 nitrogen and oxygen atoms in total. The van der Waals surface area contributed by atoms with Gasteiger partial charge in [0, 0.05) is 37.5 Å². The number of nitro groups is 1. The van der Waals surface area contributed by atoms with Gasteiger partial charge in [-0.1, -0.05) is 42.5 Å². The van der Waals surface area contributed by atoms with E-state index in [4.69, 9.17) is 4.74 Å². The number of benzene rings is 2. The number of ether oxygens (including phenoxy) is 1. The zero-order chi connectivity index (χ0) is 28.0. The summed E-state index contributed by atoms with van der Waals surface area (Å²) in [4.78, 5) is 51.8. The van der Waals surface area contributed by atoms with E-state index >= 15 is 0 Å². The zero-order valence-corrected chi connectivity index (χ0v) is 21.8. The molecule has 1 unspecified atom stereocenters. The Balaban J connectivity index is 1.87. The number of urea groups is 1. The smallest absolute Gasteiger partial charge is 0.410 e. The van der Waals surface area contributed by atoms with Crippen molar-refractivity contribution in [3.8, 4) is 0 Å². The van der Waals surface area contributed by atoms with Crippen molar-refractivity contribution in [1.82, 2.24) is 15.1 Å². The molecule has 0 saturated heterocycles. The Hall–Kier alpha value is -4.41. The van der Waals surface area contributed by atoms with Crippen LogP contribution < -0.4 is 5.32 Å². The number of nitro benzene ring substituents is 1. The van der Waals surface area contributed by atoms with Gasteiger partial charge < -0.3 is 25.0 Å². The average molecular weight is 525 g/mol. The van der Waals surface area contributed by atoms with E-state index in [1.807, 2.05) is 30.3 Å². The first-order chi connectivity index (χ1) is 17.9. The van der Waals surface area contributed by atoms with Crippen LogP contribution in [-0.2, 0) is 16.1 Å². The summed E-state index contributed by atoms with van der Waals surface area (Å²) in [6.45, 7) is 7.39. The van der Waals surface area contributed by atoms with Crippen molar-refractivity contribution in [3.63, 3.8) is 0 Å². The van der Waals surface area contributed by atoms with Gasteiger partial charge >= 0.3 is 18.1 Å². The van der Waals surface area contributed by atoms with Crippen molar-refractivity contribution in [2.75, 3.05) is 13.1 Å². The number of nitrogens with one attached hydrogen (secondary N) is 1. The van der Waals surface area contributed by atoms with Crippen LogP contribution >= 0.6 is 0 Å². The molecule has 0 aromatic heterocycles. The molecular weight excluding hydrogens is 492 g/mol. The summed E-state index contributed by atoms with van der Waals surface area (Å²) in [5.74, 6) is -1.25. The van der Waals surface area contributed by atoms with Crippen LogP contribution in [-0.4, -0.2) is 56.6 Å². The summed E-state index contributed by atoms with van der Waals surface area (Å²) in [6.07, 6.45) is -0.210. The molecule has 3 rings (SSSR count). The van der Waals surface area contributed by atoms with Crippen molar-refractivity contribution in [2.45, 2.75) is 52.3 Å². The van der Waals surface area contributed by atoms with E-state index in [-0.39, 0.29) is 36.6 Å². The van der Waals surface area contributed by atoms with Gasteiger partial charge in [0.05, 0.1) is 16.5 Å². The molecule has 38 heavy (non-hydrogen) atoms. The predicted molar refractivity (Wildman–Crippen MR) is 139 cm³/mol. The maximum Gasteiger partial charge on any atom is 0.410 e. The third-order valence-corrected chi connectivity index (χ3v) is 5.87. The molecule has 0 spiro atoms. The fourth-order valence-corrected chi connectivity index (χ4v) is 4.24. The lowest BCUT2D eigenvalue weighted by Crippen LogP contribution is -2.49. The van der Waals surface area contributed by atoms with Crippen LogP contribution in [0.5, 0.6) is 0 Å². The summed E-state index contributed by atoms with van der Waals surface area (Å²) in [5.41, 5.74) is 0.363. The largest absolute Gasteiger partial charge is 0.478 e. The number of carbonyl (C=O) groups is 3. The number of nitrogens with zero attached hydrogens (tertiary/aromatic N) is 3. The van der Waals surface area contributed by atoms with Crippen LogP contribution in [0, 0.1) is 10.1 Å². The molecule has 1 aliphatic heterocycles.